The molecule has 0 saturated carbocycles. The van der Waals surface area contributed by atoms with Gasteiger partial charge in [0, 0.05) is 4.47 Å². The minimum absolute atomic E-state index is 0.227. The van der Waals surface area contributed by atoms with Gasteiger partial charge in [0.25, 0.3) is 0 Å². The molecule has 1 rings (SSSR count). The third-order valence-electron chi connectivity index (χ3n) is 2.52. The number of ether oxygens (including phenoxy) is 1. The van der Waals surface area contributed by atoms with Crippen molar-refractivity contribution in [2.75, 3.05) is 6.61 Å². The maximum absolute atomic E-state index is 11.2. The minimum Gasteiger partial charge on any atom is -0.466 e. The van der Waals surface area contributed by atoms with Gasteiger partial charge in [-0.05, 0) is 25.5 Å². The van der Waals surface area contributed by atoms with Gasteiger partial charge >= 0.3 is 5.97 Å². The van der Waals surface area contributed by atoms with E-state index in [1.165, 1.54) is 0 Å². The predicted molar refractivity (Wildman–Crippen MR) is 71.1 cm³/mol. The van der Waals surface area contributed by atoms with Gasteiger partial charge in [-0.2, -0.15) is 0 Å². The Morgan fingerprint density at radius 2 is 2.11 bits per heavy atom. The van der Waals surface area contributed by atoms with Gasteiger partial charge < -0.3 is 14.9 Å². The standard InChI is InChI=1S/C13H17BrO4/c1-3-18-12(16)7-11(15)13(17)9-6-8(2)4-5-10(9)14/h4-6,11,13,15,17H,3,7H2,1-2H3. The topological polar surface area (TPSA) is 66.8 Å². The molecular formula is C13H17BrO4. The van der Waals surface area contributed by atoms with E-state index in [1.54, 1.807) is 19.1 Å². The number of carbonyl (C=O) groups is 1. The van der Waals surface area contributed by atoms with Crippen LogP contribution in [0.4, 0.5) is 0 Å². The summed E-state index contributed by atoms with van der Waals surface area (Å²) in [7, 11) is 0. The summed E-state index contributed by atoms with van der Waals surface area (Å²) >= 11 is 3.31. The van der Waals surface area contributed by atoms with Crippen LogP contribution in [0.5, 0.6) is 0 Å². The largest absolute Gasteiger partial charge is 0.466 e. The molecule has 0 fully saturated rings. The number of aliphatic hydroxyl groups is 2. The molecule has 0 aliphatic carbocycles. The molecular weight excluding hydrogens is 300 g/mol. The molecule has 4 nitrogen and oxygen atoms in total. The molecule has 0 amide bonds. The van der Waals surface area contributed by atoms with Crippen LogP contribution in [0.2, 0.25) is 0 Å². The Hall–Kier alpha value is -0.910. The summed E-state index contributed by atoms with van der Waals surface area (Å²) < 4.78 is 5.43. The maximum atomic E-state index is 11.2. The number of hydrogen-bond donors (Lipinski definition) is 2. The molecule has 5 heteroatoms. The highest BCUT2D eigenvalue weighted by Crippen LogP contribution is 2.27. The number of rotatable bonds is 5. The van der Waals surface area contributed by atoms with Crippen LogP contribution in [0.25, 0.3) is 0 Å². The van der Waals surface area contributed by atoms with Gasteiger partial charge in [-0.25, -0.2) is 0 Å². The zero-order chi connectivity index (χ0) is 13.7. The van der Waals surface area contributed by atoms with Gasteiger partial charge in [0.2, 0.25) is 0 Å². The minimum atomic E-state index is -1.18. The van der Waals surface area contributed by atoms with Crippen molar-refractivity contribution in [1.29, 1.82) is 0 Å². The van der Waals surface area contributed by atoms with E-state index in [-0.39, 0.29) is 13.0 Å². The smallest absolute Gasteiger partial charge is 0.308 e. The van der Waals surface area contributed by atoms with Gasteiger partial charge in [-0.3, -0.25) is 4.79 Å². The average Bonchev–Trinajstić information content (AvgIpc) is 2.31. The van der Waals surface area contributed by atoms with E-state index >= 15 is 0 Å². The number of aliphatic hydroxyl groups excluding tert-OH is 2. The van der Waals surface area contributed by atoms with Crippen LogP contribution in [0.1, 0.15) is 30.6 Å². The van der Waals surface area contributed by atoms with Crippen LogP contribution in [-0.4, -0.2) is 28.9 Å². The molecule has 0 bridgehead atoms. The number of esters is 1. The zero-order valence-corrected chi connectivity index (χ0v) is 12.0. The second-order valence-corrected chi connectivity index (χ2v) is 4.90. The highest BCUT2D eigenvalue weighted by molar-refractivity contribution is 9.10. The maximum Gasteiger partial charge on any atom is 0.308 e. The van der Waals surface area contributed by atoms with E-state index in [9.17, 15) is 15.0 Å². The lowest BCUT2D eigenvalue weighted by atomic mass is 10.0. The Kier molecular flexibility index (Phi) is 5.78. The Balaban J connectivity index is 2.76. The van der Waals surface area contributed by atoms with E-state index in [0.717, 1.165) is 5.56 Å². The van der Waals surface area contributed by atoms with Crippen molar-refractivity contribution in [3.8, 4) is 0 Å². The molecule has 2 atom stereocenters. The molecule has 100 valence electrons. The van der Waals surface area contributed by atoms with E-state index < -0.39 is 18.2 Å². The predicted octanol–water partition coefficient (Wildman–Crippen LogP) is 2.11. The summed E-state index contributed by atoms with van der Waals surface area (Å²) in [6.07, 6.45) is -2.53. The van der Waals surface area contributed by atoms with Crippen molar-refractivity contribution in [2.24, 2.45) is 0 Å². The Bertz CT molecular complexity index is 419. The number of halogens is 1. The monoisotopic (exact) mass is 316 g/mol. The summed E-state index contributed by atoms with van der Waals surface area (Å²) in [4.78, 5) is 11.2. The van der Waals surface area contributed by atoms with Crippen LogP contribution in [-0.2, 0) is 9.53 Å². The van der Waals surface area contributed by atoms with E-state index in [4.69, 9.17) is 4.74 Å². The molecule has 2 N–H and O–H groups in total. The first kappa shape index (κ1) is 15.1. The number of hydrogen-bond acceptors (Lipinski definition) is 4. The molecule has 0 aliphatic heterocycles. The number of benzene rings is 1. The van der Waals surface area contributed by atoms with E-state index in [1.807, 2.05) is 13.0 Å². The third kappa shape index (κ3) is 4.08. The first-order chi connectivity index (χ1) is 8.45. The van der Waals surface area contributed by atoms with Gasteiger partial charge in [-0.1, -0.05) is 33.6 Å². The number of carbonyl (C=O) groups excluding carboxylic acids is 1. The first-order valence-corrected chi connectivity index (χ1v) is 6.52. The molecule has 0 saturated heterocycles. The lowest BCUT2D eigenvalue weighted by molar-refractivity contribution is -0.147. The van der Waals surface area contributed by atoms with Crippen molar-refractivity contribution in [3.63, 3.8) is 0 Å². The van der Waals surface area contributed by atoms with Crippen molar-refractivity contribution in [3.05, 3.63) is 33.8 Å². The lowest BCUT2D eigenvalue weighted by Gasteiger charge is -2.19. The summed E-state index contributed by atoms with van der Waals surface area (Å²) in [6, 6.07) is 5.45. The second-order valence-electron chi connectivity index (χ2n) is 4.05. The molecule has 0 radical (unpaired) electrons. The van der Waals surface area contributed by atoms with Crippen molar-refractivity contribution < 1.29 is 19.7 Å². The van der Waals surface area contributed by atoms with Gasteiger partial charge in [-0.15, -0.1) is 0 Å². The average molecular weight is 317 g/mol. The summed E-state index contributed by atoms with van der Waals surface area (Å²) in [5.74, 6) is -0.521. The third-order valence-corrected chi connectivity index (χ3v) is 3.24. The molecule has 18 heavy (non-hydrogen) atoms. The Morgan fingerprint density at radius 1 is 1.44 bits per heavy atom. The lowest BCUT2D eigenvalue weighted by Crippen LogP contribution is -2.23. The van der Waals surface area contributed by atoms with Crippen molar-refractivity contribution >= 4 is 21.9 Å². The molecule has 0 aliphatic rings. The van der Waals surface area contributed by atoms with Gasteiger partial charge in [0.15, 0.2) is 0 Å². The van der Waals surface area contributed by atoms with E-state index in [2.05, 4.69) is 15.9 Å². The van der Waals surface area contributed by atoms with Crippen molar-refractivity contribution in [2.45, 2.75) is 32.5 Å². The van der Waals surface area contributed by atoms with Gasteiger partial charge in [0.1, 0.15) is 6.10 Å². The second kappa shape index (κ2) is 6.87. The fourth-order valence-electron chi connectivity index (χ4n) is 1.60. The summed E-state index contributed by atoms with van der Waals surface area (Å²) in [6.45, 7) is 3.84. The highest BCUT2D eigenvalue weighted by Gasteiger charge is 2.23. The molecule has 0 heterocycles. The van der Waals surface area contributed by atoms with E-state index in [0.29, 0.717) is 10.0 Å². The quantitative estimate of drug-likeness (QED) is 0.816. The summed E-state index contributed by atoms with van der Waals surface area (Å²) in [5.41, 5.74) is 1.53. The Labute approximate surface area is 115 Å². The first-order valence-electron chi connectivity index (χ1n) is 5.73. The van der Waals surface area contributed by atoms with Crippen LogP contribution < -0.4 is 0 Å². The van der Waals surface area contributed by atoms with Crippen LogP contribution in [0, 0.1) is 6.92 Å². The molecule has 0 spiro atoms. The zero-order valence-electron chi connectivity index (χ0n) is 10.4. The molecule has 1 aromatic rings. The van der Waals surface area contributed by atoms with Crippen molar-refractivity contribution in [1.82, 2.24) is 0 Å². The fourth-order valence-corrected chi connectivity index (χ4v) is 2.08. The molecule has 1 aromatic carbocycles. The van der Waals surface area contributed by atoms with Crippen LogP contribution in [0.3, 0.4) is 0 Å². The highest BCUT2D eigenvalue weighted by atomic mass is 79.9. The van der Waals surface area contributed by atoms with Crippen LogP contribution in [0.15, 0.2) is 22.7 Å². The molecule has 2 unspecified atom stereocenters. The number of aryl methyl sites for hydroxylation is 1. The Morgan fingerprint density at radius 3 is 2.72 bits per heavy atom. The van der Waals surface area contributed by atoms with Gasteiger partial charge in [0.05, 0.1) is 19.1 Å². The SMILES string of the molecule is CCOC(=O)CC(O)C(O)c1cc(C)ccc1Br. The summed E-state index contributed by atoms with van der Waals surface area (Å²) in [5, 5.41) is 19.8. The molecule has 0 aromatic heterocycles. The van der Waals surface area contributed by atoms with Crippen LogP contribution >= 0.6 is 15.9 Å². The fraction of sp³-hybridized carbons (Fsp3) is 0.462. The normalized spacial score (nSPS) is 14.1.